The second kappa shape index (κ2) is 4.28. The highest BCUT2D eigenvalue weighted by atomic mass is 15.1. The maximum Gasteiger partial charge on any atom is 0.0190 e. The Balaban J connectivity index is 1.76. The molecule has 0 radical (unpaired) electrons. The summed E-state index contributed by atoms with van der Waals surface area (Å²) < 4.78 is 0. The summed E-state index contributed by atoms with van der Waals surface area (Å²) in [7, 11) is 0. The third-order valence-corrected chi connectivity index (χ3v) is 3.44. The summed E-state index contributed by atoms with van der Waals surface area (Å²) in [5.74, 6) is 1.01. The van der Waals surface area contributed by atoms with Crippen LogP contribution in [0.2, 0.25) is 0 Å². The van der Waals surface area contributed by atoms with E-state index >= 15 is 0 Å². The van der Waals surface area contributed by atoms with Crippen molar-refractivity contribution in [1.82, 2.24) is 4.90 Å². The first-order valence-electron chi connectivity index (χ1n) is 5.73. The molecule has 74 valence electrons. The zero-order chi connectivity index (χ0) is 9.10. The number of hydrogen-bond acceptors (Lipinski definition) is 1. The van der Waals surface area contributed by atoms with Crippen LogP contribution in [0.5, 0.6) is 0 Å². The minimum absolute atomic E-state index is 1.01. The van der Waals surface area contributed by atoms with Gasteiger partial charge in [0.2, 0.25) is 0 Å². The molecule has 0 spiro atoms. The predicted octanol–water partition coefficient (Wildman–Crippen LogP) is 2.83. The zero-order valence-corrected chi connectivity index (χ0v) is 8.60. The number of rotatable bonds is 2. The van der Waals surface area contributed by atoms with Gasteiger partial charge in [0, 0.05) is 13.1 Å². The van der Waals surface area contributed by atoms with Gasteiger partial charge in [-0.2, -0.15) is 0 Å². The quantitative estimate of drug-likeness (QED) is 0.589. The molecule has 1 heterocycles. The Kier molecular flexibility index (Phi) is 3.05. The molecule has 0 atom stereocenters. The predicted molar refractivity (Wildman–Crippen MR) is 56.8 cm³/mol. The van der Waals surface area contributed by atoms with E-state index in [4.69, 9.17) is 0 Å². The van der Waals surface area contributed by atoms with Gasteiger partial charge in [-0.15, -0.1) is 0 Å². The van der Waals surface area contributed by atoms with Crippen LogP contribution in [0.15, 0.2) is 12.2 Å². The molecule has 1 aliphatic carbocycles. The Bertz CT molecular complexity index is 180. The molecule has 0 amide bonds. The SMILES string of the molecule is C=C1CCCN(CC2CCCC2)C1. The van der Waals surface area contributed by atoms with E-state index in [1.807, 2.05) is 0 Å². The molecular weight excluding hydrogens is 158 g/mol. The van der Waals surface area contributed by atoms with E-state index in [0.717, 1.165) is 5.92 Å². The highest BCUT2D eigenvalue weighted by Crippen LogP contribution is 2.26. The van der Waals surface area contributed by atoms with Gasteiger partial charge in [-0.25, -0.2) is 0 Å². The van der Waals surface area contributed by atoms with Crippen LogP contribution in [0.25, 0.3) is 0 Å². The van der Waals surface area contributed by atoms with Crippen molar-refractivity contribution < 1.29 is 0 Å². The summed E-state index contributed by atoms with van der Waals surface area (Å²) in [6.07, 6.45) is 8.50. The number of hydrogen-bond donors (Lipinski definition) is 0. The van der Waals surface area contributed by atoms with Crippen molar-refractivity contribution >= 4 is 0 Å². The topological polar surface area (TPSA) is 3.24 Å². The zero-order valence-electron chi connectivity index (χ0n) is 8.60. The molecule has 1 aliphatic heterocycles. The van der Waals surface area contributed by atoms with Crippen LogP contribution in [-0.4, -0.2) is 24.5 Å². The van der Waals surface area contributed by atoms with Gasteiger partial charge >= 0.3 is 0 Å². The molecule has 0 N–H and O–H groups in total. The van der Waals surface area contributed by atoms with Crippen molar-refractivity contribution in [1.29, 1.82) is 0 Å². The smallest absolute Gasteiger partial charge is 0.0190 e. The summed E-state index contributed by atoms with van der Waals surface area (Å²) >= 11 is 0. The first-order chi connectivity index (χ1) is 6.34. The van der Waals surface area contributed by atoms with E-state index in [1.54, 1.807) is 0 Å². The van der Waals surface area contributed by atoms with Gasteiger partial charge in [-0.3, -0.25) is 4.90 Å². The maximum atomic E-state index is 4.10. The Morgan fingerprint density at radius 1 is 1.23 bits per heavy atom. The minimum atomic E-state index is 1.01. The van der Waals surface area contributed by atoms with Crippen molar-refractivity contribution in [2.75, 3.05) is 19.6 Å². The Labute approximate surface area is 81.8 Å². The van der Waals surface area contributed by atoms with Crippen molar-refractivity contribution in [2.24, 2.45) is 5.92 Å². The van der Waals surface area contributed by atoms with Crippen molar-refractivity contribution in [2.45, 2.75) is 38.5 Å². The molecule has 1 heteroatoms. The molecule has 1 saturated heterocycles. The number of piperidine rings is 1. The highest BCUT2D eigenvalue weighted by Gasteiger charge is 2.20. The van der Waals surface area contributed by atoms with E-state index in [2.05, 4.69) is 11.5 Å². The fraction of sp³-hybridized carbons (Fsp3) is 0.833. The molecule has 2 fully saturated rings. The molecule has 1 nitrogen and oxygen atoms in total. The van der Waals surface area contributed by atoms with Gasteiger partial charge in [-0.1, -0.05) is 25.0 Å². The van der Waals surface area contributed by atoms with E-state index in [-0.39, 0.29) is 0 Å². The molecule has 2 aliphatic rings. The fourth-order valence-corrected chi connectivity index (χ4v) is 2.74. The molecular formula is C12H21N. The molecule has 0 unspecified atom stereocenters. The second-order valence-electron chi connectivity index (χ2n) is 4.74. The van der Waals surface area contributed by atoms with E-state index in [0.29, 0.717) is 0 Å². The van der Waals surface area contributed by atoms with Crippen LogP contribution in [-0.2, 0) is 0 Å². The van der Waals surface area contributed by atoms with Gasteiger partial charge in [0.1, 0.15) is 0 Å². The minimum Gasteiger partial charge on any atom is -0.299 e. The lowest BCUT2D eigenvalue weighted by Crippen LogP contribution is -2.34. The molecule has 2 rings (SSSR count). The largest absolute Gasteiger partial charge is 0.299 e. The van der Waals surface area contributed by atoms with Crippen LogP contribution in [0.4, 0.5) is 0 Å². The lowest BCUT2D eigenvalue weighted by molar-refractivity contribution is 0.226. The molecule has 0 aromatic rings. The summed E-state index contributed by atoms with van der Waals surface area (Å²) in [6.45, 7) is 7.94. The normalized spacial score (nSPS) is 26.9. The van der Waals surface area contributed by atoms with Crippen molar-refractivity contribution in [3.63, 3.8) is 0 Å². The maximum absolute atomic E-state index is 4.10. The summed E-state index contributed by atoms with van der Waals surface area (Å²) in [4.78, 5) is 2.61. The van der Waals surface area contributed by atoms with Gasteiger partial charge in [-0.05, 0) is 38.1 Å². The van der Waals surface area contributed by atoms with E-state index in [9.17, 15) is 0 Å². The highest BCUT2D eigenvalue weighted by molar-refractivity contribution is 5.00. The molecule has 0 aromatic carbocycles. The summed E-state index contributed by atoms with van der Waals surface area (Å²) in [5, 5.41) is 0. The van der Waals surface area contributed by atoms with Crippen LogP contribution in [0.1, 0.15) is 38.5 Å². The number of nitrogens with zero attached hydrogens (tertiary/aromatic N) is 1. The van der Waals surface area contributed by atoms with Gasteiger partial charge in [0.05, 0.1) is 0 Å². The van der Waals surface area contributed by atoms with Crippen LogP contribution >= 0.6 is 0 Å². The average molecular weight is 179 g/mol. The van der Waals surface area contributed by atoms with Crippen LogP contribution in [0.3, 0.4) is 0 Å². The van der Waals surface area contributed by atoms with Gasteiger partial charge in [0.15, 0.2) is 0 Å². The van der Waals surface area contributed by atoms with Gasteiger partial charge < -0.3 is 0 Å². The summed E-state index contributed by atoms with van der Waals surface area (Å²) in [5.41, 5.74) is 1.45. The summed E-state index contributed by atoms with van der Waals surface area (Å²) in [6, 6.07) is 0. The number of likely N-dealkylation sites (tertiary alicyclic amines) is 1. The monoisotopic (exact) mass is 179 g/mol. The van der Waals surface area contributed by atoms with Gasteiger partial charge in [0.25, 0.3) is 0 Å². The average Bonchev–Trinajstić information content (AvgIpc) is 2.57. The molecule has 0 bridgehead atoms. The van der Waals surface area contributed by atoms with E-state index < -0.39 is 0 Å². The fourth-order valence-electron chi connectivity index (χ4n) is 2.74. The Morgan fingerprint density at radius 3 is 2.69 bits per heavy atom. The standard InChI is InChI=1S/C12H21N/c1-11-5-4-8-13(9-11)10-12-6-2-3-7-12/h12H,1-10H2. The molecule has 13 heavy (non-hydrogen) atoms. The Hall–Kier alpha value is -0.300. The van der Waals surface area contributed by atoms with E-state index in [1.165, 1.54) is 63.7 Å². The van der Waals surface area contributed by atoms with Crippen molar-refractivity contribution in [3.05, 3.63) is 12.2 Å². The Morgan fingerprint density at radius 2 is 2.00 bits per heavy atom. The lowest BCUT2D eigenvalue weighted by atomic mass is 10.0. The third kappa shape index (κ3) is 2.57. The third-order valence-electron chi connectivity index (χ3n) is 3.44. The second-order valence-corrected chi connectivity index (χ2v) is 4.74. The first-order valence-corrected chi connectivity index (χ1v) is 5.73. The van der Waals surface area contributed by atoms with Crippen LogP contribution < -0.4 is 0 Å². The first kappa shape index (κ1) is 9.26. The lowest BCUT2D eigenvalue weighted by Gasteiger charge is -2.30. The van der Waals surface area contributed by atoms with Crippen LogP contribution in [0, 0.1) is 5.92 Å². The molecule has 1 saturated carbocycles. The van der Waals surface area contributed by atoms with Crippen molar-refractivity contribution in [3.8, 4) is 0 Å². The molecule has 0 aromatic heterocycles.